The van der Waals surface area contributed by atoms with Gasteiger partial charge in [-0.15, -0.1) is 0 Å². The number of ether oxygens (including phenoxy) is 3. The van der Waals surface area contributed by atoms with Crippen molar-refractivity contribution in [3.05, 3.63) is 57.6 Å². The molecule has 0 fully saturated rings. The van der Waals surface area contributed by atoms with Crippen molar-refractivity contribution in [2.45, 2.75) is 208 Å². The van der Waals surface area contributed by atoms with Gasteiger partial charge in [0.1, 0.15) is 18.1 Å². The Labute approximate surface area is 341 Å². The van der Waals surface area contributed by atoms with Crippen molar-refractivity contribution >= 4 is 11.9 Å². The highest BCUT2D eigenvalue weighted by Crippen LogP contribution is 2.35. The molecule has 0 saturated carbocycles. The summed E-state index contributed by atoms with van der Waals surface area (Å²) >= 11 is 0. The topological polar surface area (TPSA) is 102 Å². The van der Waals surface area contributed by atoms with E-state index < -0.39 is 6.10 Å². The van der Waals surface area contributed by atoms with E-state index in [0.717, 1.165) is 46.2 Å². The van der Waals surface area contributed by atoms with Gasteiger partial charge < -0.3 is 24.4 Å². The first-order valence-electron chi connectivity index (χ1n) is 22.1. The predicted octanol–water partition coefficient (Wildman–Crippen LogP) is 12.6. The lowest BCUT2D eigenvalue weighted by molar-refractivity contribution is -0.162. The second-order valence-electron chi connectivity index (χ2n) is 18.3. The van der Waals surface area contributed by atoms with Crippen LogP contribution < -0.4 is 0 Å². The number of aryl methyl sites for hydroxylation is 4. The maximum atomic E-state index is 13.1. The van der Waals surface area contributed by atoms with Crippen molar-refractivity contribution in [1.82, 2.24) is 0 Å². The minimum Gasteiger partial charge on any atom is -0.507 e. The fourth-order valence-corrected chi connectivity index (χ4v) is 7.22. The minimum absolute atomic E-state index is 0.0716. The molecule has 2 aromatic carbocycles. The zero-order valence-electron chi connectivity index (χ0n) is 37.1. The van der Waals surface area contributed by atoms with Crippen LogP contribution in [-0.2, 0) is 47.5 Å². The van der Waals surface area contributed by atoms with Gasteiger partial charge >= 0.3 is 11.9 Å². The van der Waals surface area contributed by atoms with E-state index >= 15 is 0 Å². The molecule has 0 heterocycles. The van der Waals surface area contributed by atoms with E-state index in [2.05, 4.69) is 48.5 Å². The van der Waals surface area contributed by atoms with Gasteiger partial charge in [-0.05, 0) is 77.3 Å². The molecular formula is C49H80O7. The maximum Gasteiger partial charge on any atom is 0.306 e. The van der Waals surface area contributed by atoms with Gasteiger partial charge in [-0.3, -0.25) is 9.59 Å². The molecule has 0 aromatic heterocycles. The summed E-state index contributed by atoms with van der Waals surface area (Å²) in [6, 6.07) is 7.76. The molecule has 1 atom stereocenters. The Bertz CT molecular complexity index is 1430. The van der Waals surface area contributed by atoms with E-state index in [1.165, 1.54) is 89.9 Å². The summed E-state index contributed by atoms with van der Waals surface area (Å²) in [5, 5.41) is 21.2. The summed E-state index contributed by atoms with van der Waals surface area (Å²) < 4.78 is 17.4. The molecule has 7 heteroatoms. The van der Waals surface area contributed by atoms with Crippen molar-refractivity contribution in [2.75, 3.05) is 19.8 Å². The molecule has 1 unspecified atom stereocenters. The van der Waals surface area contributed by atoms with Crippen LogP contribution in [0.25, 0.3) is 0 Å². The summed E-state index contributed by atoms with van der Waals surface area (Å²) in [6.07, 6.45) is 21.5. The first kappa shape index (κ1) is 49.1. The number of unbranched alkanes of at least 4 members (excludes halogenated alkanes) is 15. The first-order valence-corrected chi connectivity index (χ1v) is 22.1. The van der Waals surface area contributed by atoms with Gasteiger partial charge in [-0.25, -0.2) is 0 Å². The molecular weight excluding hydrogens is 701 g/mol. The Morgan fingerprint density at radius 1 is 0.571 bits per heavy atom. The lowest BCUT2D eigenvalue weighted by Gasteiger charge is -2.23. The third kappa shape index (κ3) is 19.9. The Morgan fingerprint density at radius 3 is 1.38 bits per heavy atom. The average Bonchev–Trinajstić information content (AvgIpc) is 3.13. The normalized spacial score (nSPS) is 12.5. The van der Waals surface area contributed by atoms with Gasteiger partial charge in [0.15, 0.2) is 6.10 Å². The Morgan fingerprint density at radius 2 is 0.964 bits per heavy atom. The van der Waals surface area contributed by atoms with Gasteiger partial charge in [0.2, 0.25) is 0 Å². The summed E-state index contributed by atoms with van der Waals surface area (Å²) in [5.41, 5.74) is 4.73. The molecule has 2 aromatic rings. The molecule has 2 N–H and O–H groups in total. The molecule has 7 nitrogen and oxygen atoms in total. The predicted molar refractivity (Wildman–Crippen MR) is 231 cm³/mol. The smallest absolute Gasteiger partial charge is 0.306 e. The van der Waals surface area contributed by atoms with Crippen molar-refractivity contribution in [2.24, 2.45) is 0 Å². The molecule has 0 amide bonds. The summed E-state index contributed by atoms with van der Waals surface area (Å²) in [5.74, 6) is -0.166. The first-order chi connectivity index (χ1) is 26.5. The van der Waals surface area contributed by atoms with Crippen molar-refractivity contribution < 1.29 is 34.0 Å². The van der Waals surface area contributed by atoms with Crippen LogP contribution in [0.2, 0.25) is 0 Å². The molecule has 56 heavy (non-hydrogen) atoms. The number of hydrogen-bond donors (Lipinski definition) is 2. The third-order valence-corrected chi connectivity index (χ3v) is 10.7. The van der Waals surface area contributed by atoms with Crippen LogP contribution in [0.5, 0.6) is 11.5 Å². The molecule has 318 valence electrons. The number of carbonyl (C=O) groups is 2. The summed E-state index contributed by atoms with van der Waals surface area (Å²) in [7, 11) is 0. The van der Waals surface area contributed by atoms with E-state index in [4.69, 9.17) is 14.2 Å². The largest absolute Gasteiger partial charge is 0.507 e. The highest BCUT2D eigenvalue weighted by atomic mass is 16.6. The van der Waals surface area contributed by atoms with Crippen LogP contribution in [0, 0.1) is 13.8 Å². The molecule has 0 spiro atoms. The quantitative estimate of drug-likeness (QED) is 0.0655. The van der Waals surface area contributed by atoms with Crippen LogP contribution >= 0.6 is 0 Å². The van der Waals surface area contributed by atoms with Crippen LogP contribution in [-0.4, -0.2) is 48.1 Å². The second kappa shape index (κ2) is 26.0. The number of carbonyl (C=O) groups excluding carboxylic acids is 2. The zero-order chi connectivity index (χ0) is 41.6. The van der Waals surface area contributed by atoms with Crippen LogP contribution in [0.15, 0.2) is 24.3 Å². The molecule has 0 aliphatic carbocycles. The van der Waals surface area contributed by atoms with Gasteiger partial charge in [0.05, 0.1) is 6.61 Å². The number of rotatable bonds is 28. The molecule has 0 radical (unpaired) electrons. The van der Waals surface area contributed by atoms with E-state index in [0.29, 0.717) is 30.9 Å². The second-order valence-corrected chi connectivity index (χ2v) is 18.3. The number of benzene rings is 2. The van der Waals surface area contributed by atoms with Gasteiger partial charge in [-0.1, -0.05) is 169 Å². The fraction of sp³-hybridized carbons (Fsp3) is 0.714. The minimum atomic E-state index is -0.706. The Hall–Kier alpha value is -3.06. The van der Waals surface area contributed by atoms with Crippen LogP contribution in [0.3, 0.4) is 0 Å². The van der Waals surface area contributed by atoms with E-state index in [1.807, 2.05) is 38.1 Å². The number of phenols is 2. The highest BCUT2D eigenvalue weighted by Gasteiger charge is 2.23. The van der Waals surface area contributed by atoms with Crippen molar-refractivity contribution in [3.8, 4) is 11.5 Å². The monoisotopic (exact) mass is 781 g/mol. The molecule has 0 bridgehead atoms. The van der Waals surface area contributed by atoms with E-state index in [-0.39, 0.29) is 48.8 Å². The highest BCUT2D eigenvalue weighted by molar-refractivity contribution is 5.71. The number of phenolic OH excluding ortho intramolecular Hbond substituents is 2. The summed E-state index contributed by atoms with van der Waals surface area (Å²) in [6.45, 7) is 19.0. The van der Waals surface area contributed by atoms with Crippen LogP contribution in [0.1, 0.15) is 197 Å². The van der Waals surface area contributed by atoms with Gasteiger partial charge in [-0.2, -0.15) is 0 Å². The number of hydrogen-bond acceptors (Lipinski definition) is 7. The number of aromatic hydroxyl groups is 2. The van der Waals surface area contributed by atoms with Crippen LogP contribution in [0.4, 0.5) is 0 Å². The Balaban J connectivity index is 1.81. The molecule has 0 saturated heterocycles. The van der Waals surface area contributed by atoms with E-state index in [9.17, 15) is 19.8 Å². The maximum absolute atomic E-state index is 13.1. The fourth-order valence-electron chi connectivity index (χ4n) is 7.22. The Kier molecular flexibility index (Phi) is 22.8. The van der Waals surface area contributed by atoms with Crippen molar-refractivity contribution in [1.29, 1.82) is 0 Å². The molecule has 2 rings (SSSR count). The molecule has 0 aliphatic rings. The lowest BCUT2D eigenvalue weighted by atomic mass is 9.83. The SMILES string of the molecule is CCCCCCCCCCCCCCCCCCOCC(COC(=O)CCc1cc(C)c(O)c(C(C)(C)C)c1)OC(=O)CCc1cc(C)c(O)c(C(C)(C)C)c1. The van der Waals surface area contributed by atoms with Gasteiger partial charge in [0, 0.05) is 19.4 Å². The van der Waals surface area contributed by atoms with Crippen molar-refractivity contribution in [3.63, 3.8) is 0 Å². The van der Waals surface area contributed by atoms with Gasteiger partial charge in [0.25, 0.3) is 0 Å². The number of esters is 2. The molecule has 0 aliphatic heterocycles. The standard InChI is InChI=1S/C49H80O7/c1-10-11-12-13-14-15-16-17-18-19-20-21-22-23-24-25-30-54-35-41(56-45(51)29-27-40-32-38(3)47(53)43(34-40)49(7,8)9)36-55-44(50)28-26-39-31-37(2)46(52)42(33-39)48(4,5)6/h31-34,41,52-53H,10-30,35-36H2,1-9H3. The zero-order valence-corrected chi connectivity index (χ0v) is 37.1. The third-order valence-electron chi connectivity index (χ3n) is 10.7. The van der Waals surface area contributed by atoms with E-state index in [1.54, 1.807) is 0 Å². The summed E-state index contributed by atoms with van der Waals surface area (Å²) in [4.78, 5) is 26.0. The average molecular weight is 781 g/mol. The lowest BCUT2D eigenvalue weighted by Crippen LogP contribution is -2.30.